The summed E-state index contributed by atoms with van der Waals surface area (Å²) in [5.41, 5.74) is 2.00. The number of pyridine rings is 1. The minimum absolute atomic E-state index is 0.0102. The molecule has 0 saturated carbocycles. The zero-order valence-corrected chi connectivity index (χ0v) is 19.6. The van der Waals surface area contributed by atoms with E-state index in [-0.39, 0.29) is 24.8 Å². The second-order valence-electron chi connectivity index (χ2n) is 6.36. The van der Waals surface area contributed by atoms with Crippen molar-refractivity contribution in [3.8, 4) is 17.5 Å². The standard InChI is InChI=1S/C24H21ClNO3S2/c1-3-5-15-30-24-21(26-13-7-6-8-14-26)19(16-20(27)29-4-2)23(31-24)22(28)17-9-11-18(25)12-10-17/h6-14H,4,15-16H2,1-2H3/q+1. The lowest BCUT2D eigenvalue weighted by atomic mass is 10.0. The van der Waals surface area contributed by atoms with Crippen molar-refractivity contribution >= 4 is 46.5 Å². The van der Waals surface area contributed by atoms with Crippen molar-refractivity contribution in [1.82, 2.24) is 0 Å². The summed E-state index contributed by atoms with van der Waals surface area (Å²) < 4.78 is 8.06. The van der Waals surface area contributed by atoms with Crippen LogP contribution in [0.5, 0.6) is 0 Å². The van der Waals surface area contributed by atoms with E-state index < -0.39 is 0 Å². The number of benzene rings is 1. The van der Waals surface area contributed by atoms with Gasteiger partial charge < -0.3 is 4.74 Å². The number of esters is 1. The zero-order chi connectivity index (χ0) is 22.2. The van der Waals surface area contributed by atoms with Gasteiger partial charge in [0.1, 0.15) is 4.21 Å². The lowest BCUT2D eigenvalue weighted by Crippen LogP contribution is -2.31. The molecule has 7 heteroatoms. The molecule has 0 saturated heterocycles. The number of hydrogen-bond acceptors (Lipinski definition) is 5. The second kappa shape index (κ2) is 11.1. The minimum atomic E-state index is -0.367. The van der Waals surface area contributed by atoms with E-state index in [0.717, 1.165) is 9.90 Å². The first-order valence-corrected chi connectivity index (χ1v) is 11.8. The molecule has 3 rings (SSSR count). The number of rotatable bonds is 8. The van der Waals surface area contributed by atoms with Gasteiger partial charge in [-0.25, -0.2) is 0 Å². The van der Waals surface area contributed by atoms with E-state index in [1.165, 1.54) is 11.3 Å². The smallest absolute Gasteiger partial charge is 0.310 e. The summed E-state index contributed by atoms with van der Waals surface area (Å²) in [6.45, 7) is 3.84. The summed E-state index contributed by atoms with van der Waals surface area (Å²) in [5.74, 6) is 6.02. The Bertz CT molecular complexity index is 1130. The van der Waals surface area contributed by atoms with Gasteiger partial charge in [-0.3, -0.25) is 9.59 Å². The molecule has 0 bridgehead atoms. The van der Waals surface area contributed by atoms with E-state index in [1.807, 2.05) is 35.2 Å². The molecule has 0 aliphatic carbocycles. The lowest BCUT2D eigenvalue weighted by molar-refractivity contribution is -0.598. The van der Waals surface area contributed by atoms with Crippen LogP contribution in [0.4, 0.5) is 0 Å². The number of ketones is 1. The van der Waals surface area contributed by atoms with Crippen LogP contribution in [-0.2, 0) is 16.0 Å². The molecule has 0 N–H and O–H groups in total. The first-order valence-electron chi connectivity index (χ1n) is 9.65. The van der Waals surface area contributed by atoms with Crippen molar-refractivity contribution in [2.45, 2.75) is 24.5 Å². The van der Waals surface area contributed by atoms with Gasteiger partial charge in [0.15, 0.2) is 12.4 Å². The number of carbonyl (C=O) groups excluding carboxylic acids is 2. The molecule has 0 aliphatic rings. The number of nitrogens with zero attached hydrogens (tertiary/aromatic N) is 1. The maximum atomic E-state index is 13.4. The summed E-state index contributed by atoms with van der Waals surface area (Å²) in [7, 11) is 0. The Morgan fingerprint density at radius 3 is 2.52 bits per heavy atom. The van der Waals surface area contributed by atoms with E-state index in [1.54, 1.807) is 49.9 Å². The van der Waals surface area contributed by atoms with Crippen LogP contribution in [-0.4, -0.2) is 24.1 Å². The maximum absolute atomic E-state index is 13.4. The predicted octanol–water partition coefficient (Wildman–Crippen LogP) is 5.13. The molecule has 158 valence electrons. The fraction of sp³-hybridized carbons (Fsp3) is 0.208. The number of carbonyl (C=O) groups is 2. The fourth-order valence-electron chi connectivity index (χ4n) is 2.95. The van der Waals surface area contributed by atoms with Crippen LogP contribution < -0.4 is 4.57 Å². The highest BCUT2D eigenvalue weighted by atomic mass is 35.5. The molecular formula is C24H21ClNO3S2+. The molecule has 31 heavy (non-hydrogen) atoms. The van der Waals surface area contributed by atoms with Crippen molar-refractivity contribution in [3.05, 3.63) is 75.9 Å². The summed E-state index contributed by atoms with van der Waals surface area (Å²) in [5, 5.41) is 0.560. The van der Waals surface area contributed by atoms with Gasteiger partial charge in [-0.1, -0.05) is 35.3 Å². The van der Waals surface area contributed by atoms with Gasteiger partial charge in [-0.05, 0) is 38.1 Å². The molecule has 0 atom stereocenters. The predicted molar refractivity (Wildman–Crippen MR) is 125 cm³/mol. The molecule has 0 unspecified atom stereocenters. The molecule has 0 spiro atoms. The summed E-state index contributed by atoms with van der Waals surface area (Å²) >= 11 is 8.93. The van der Waals surface area contributed by atoms with Crippen LogP contribution in [0.25, 0.3) is 5.69 Å². The van der Waals surface area contributed by atoms with Gasteiger partial charge in [0.05, 0.1) is 29.2 Å². The number of halogens is 1. The number of aromatic nitrogens is 1. The zero-order valence-electron chi connectivity index (χ0n) is 17.2. The molecule has 3 aromatic rings. The lowest BCUT2D eigenvalue weighted by Gasteiger charge is -2.05. The largest absolute Gasteiger partial charge is 0.466 e. The third-order valence-electron chi connectivity index (χ3n) is 4.31. The minimum Gasteiger partial charge on any atom is -0.466 e. The first kappa shape index (κ1) is 23.1. The number of hydrogen-bond donors (Lipinski definition) is 0. The van der Waals surface area contributed by atoms with Gasteiger partial charge in [0, 0.05) is 22.7 Å². The molecule has 2 aromatic heterocycles. The second-order valence-corrected chi connectivity index (χ2v) is 9.06. The van der Waals surface area contributed by atoms with Crippen molar-refractivity contribution in [2.75, 3.05) is 12.4 Å². The Morgan fingerprint density at radius 1 is 1.16 bits per heavy atom. The normalized spacial score (nSPS) is 10.3. The highest BCUT2D eigenvalue weighted by molar-refractivity contribution is 8.01. The summed E-state index contributed by atoms with van der Waals surface area (Å²) in [6.07, 6.45) is 3.82. The van der Waals surface area contributed by atoms with Crippen LogP contribution in [0.15, 0.2) is 59.1 Å². The molecular weight excluding hydrogens is 450 g/mol. The van der Waals surface area contributed by atoms with Gasteiger partial charge in [-0.2, -0.15) is 4.57 Å². The van der Waals surface area contributed by atoms with Gasteiger partial charge in [-0.15, -0.1) is 17.3 Å². The van der Waals surface area contributed by atoms with Crippen molar-refractivity contribution in [1.29, 1.82) is 0 Å². The van der Waals surface area contributed by atoms with Crippen LogP contribution in [0, 0.1) is 11.8 Å². The quantitative estimate of drug-likeness (QED) is 0.150. The SMILES string of the molecule is CC#CCSc1sc(C(=O)c2ccc(Cl)cc2)c(CC(=O)OCC)c1-[n+]1ccccc1. The van der Waals surface area contributed by atoms with E-state index in [4.69, 9.17) is 16.3 Å². The summed E-state index contributed by atoms with van der Waals surface area (Å²) in [4.78, 5) is 26.4. The molecule has 0 amide bonds. The van der Waals surface area contributed by atoms with Crippen molar-refractivity contribution in [3.63, 3.8) is 0 Å². The van der Waals surface area contributed by atoms with Gasteiger partial charge >= 0.3 is 5.97 Å². The third kappa shape index (κ3) is 5.76. The van der Waals surface area contributed by atoms with Crippen molar-refractivity contribution < 1.29 is 18.9 Å². The van der Waals surface area contributed by atoms with E-state index >= 15 is 0 Å². The van der Waals surface area contributed by atoms with Crippen LogP contribution in [0.1, 0.15) is 34.6 Å². The van der Waals surface area contributed by atoms with Crippen LogP contribution in [0.3, 0.4) is 0 Å². The summed E-state index contributed by atoms with van der Waals surface area (Å²) in [6, 6.07) is 12.5. The molecule has 0 radical (unpaired) electrons. The monoisotopic (exact) mass is 470 g/mol. The Balaban J connectivity index is 2.17. The average Bonchev–Trinajstić information content (AvgIpc) is 3.12. The van der Waals surface area contributed by atoms with Crippen LogP contribution in [0.2, 0.25) is 5.02 Å². The Kier molecular flexibility index (Phi) is 8.30. The molecule has 0 aliphatic heterocycles. The third-order valence-corrected chi connectivity index (χ3v) is 6.93. The van der Waals surface area contributed by atoms with Gasteiger partial charge in [0.25, 0.3) is 0 Å². The highest BCUT2D eigenvalue weighted by Crippen LogP contribution is 2.38. The van der Waals surface area contributed by atoms with E-state index in [9.17, 15) is 9.59 Å². The Labute approximate surface area is 195 Å². The molecule has 2 heterocycles. The molecule has 1 aromatic carbocycles. The number of thiophene rings is 1. The van der Waals surface area contributed by atoms with Crippen LogP contribution >= 0.6 is 34.7 Å². The number of ether oxygens (including phenoxy) is 1. The molecule has 0 fully saturated rings. The highest BCUT2D eigenvalue weighted by Gasteiger charge is 2.31. The Hall–Kier alpha value is -2.59. The maximum Gasteiger partial charge on any atom is 0.310 e. The number of thioether (sulfide) groups is 1. The molecule has 4 nitrogen and oxygen atoms in total. The fourth-order valence-corrected chi connectivity index (χ4v) is 5.46. The van der Waals surface area contributed by atoms with E-state index in [0.29, 0.717) is 26.8 Å². The van der Waals surface area contributed by atoms with Gasteiger partial charge in [0.2, 0.25) is 11.5 Å². The van der Waals surface area contributed by atoms with E-state index in [2.05, 4.69) is 11.8 Å². The first-order chi connectivity index (χ1) is 15.0. The topological polar surface area (TPSA) is 47.3 Å². The average molecular weight is 471 g/mol. The van der Waals surface area contributed by atoms with Crippen molar-refractivity contribution in [2.24, 2.45) is 0 Å². The Morgan fingerprint density at radius 2 is 1.87 bits per heavy atom.